The summed E-state index contributed by atoms with van der Waals surface area (Å²) >= 11 is 0. The van der Waals surface area contributed by atoms with Crippen molar-refractivity contribution in [1.29, 1.82) is 0 Å². The summed E-state index contributed by atoms with van der Waals surface area (Å²) in [7, 11) is 0. The van der Waals surface area contributed by atoms with Crippen LogP contribution in [0.5, 0.6) is 0 Å². The first-order valence-corrected chi connectivity index (χ1v) is 6.99. The molecule has 0 saturated carbocycles. The first kappa shape index (κ1) is 11.6. The summed E-state index contributed by atoms with van der Waals surface area (Å²) in [6, 6.07) is 4.68. The monoisotopic (exact) mass is 244 g/mol. The number of unbranched alkanes of at least 4 members (excludes halogenated alkanes) is 1. The molecule has 0 amide bonds. The highest BCUT2D eigenvalue weighted by Crippen LogP contribution is 2.24. The molecule has 0 unspecified atom stereocenters. The van der Waals surface area contributed by atoms with E-state index < -0.39 is 0 Å². The third-order valence-electron chi connectivity index (χ3n) is 4.04. The summed E-state index contributed by atoms with van der Waals surface area (Å²) in [6.45, 7) is 9.92. The Kier molecular flexibility index (Phi) is 2.77. The molecule has 0 bridgehead atoms. The van der Waals surface area contributed by atoms with E-state index in [1.54, 1.807) is 0 Å². The topological polar surface area (TPSA) is 20.8 Å². The number of aromatic nitrogens is 2. The SMILES string of the molecule is CCCCn1c2[n+](c3cc(C)c(C)cc31)CCN2. The smallest absolute Gasteiger partial charge is 0.274 e. The summed E-state index contributed by atoms with van der Waals surface area (Å²) in [5.41, 5.74) is 5.54. The van der Waals surface area contributed by atoms with Crippen LogP contribution in [0.15, 0.2) is 12.1 Å². The Bertz CT molecular complexity index is 596. The maximum absolute atomic E-state index is 3.53. The number of aryl methyl sites for hydroxylation is 3. The van der Waals surface area contributed by atoms with Gasteiger partial charge < -0.3 is 0 Å². The van der Waals surface area contributed by atoms with Crippen LogP contribution in [0.1, 0.15) is 30.9 Å². The van der Waals surface area contributed by atoms with Gasteiger partial charge in [0, 0.05) is 0 Å². The van der Waals surface area contributed by atoms with Crippen LogP contribution < -0.4 is 9.88 Å². The number of imidazole rings is 1. The molecule has 3 heteroatoms. The Balaban J connectivity index is 2.23. The Hall–Kier alpha value is -1.51. The van der Waals surface area contributed by atoms with Crippen molar-refractivity contribution in [1.82, 2.24) is 4.57 Å². The summed E-state index contributed by atoms with van der Waals surface area (Å²) in [5, 5.41) is 3.53. The summed E-state index contributed by atoms with van der Waals surface area (Å²) in [4.78, 5) is 0. The molecule has 0 aliphatic carbocycles. The average Bonchev–Trinajstić information content (AvgIpc) is 2.90. The quantitative estimate of drug-likeness (QED) is 0.823. The highest BCUT2D eigenvalue weighted by atomic mass is 15.3. The van der Waals surface area contributed by atoms with Crippen molar-refractivity contribution < 1.29 is 4.57 Å². The number of anilines is 1. The zero-order valence-corrected chi connectivity index (χ0v) is 11.6. The molecule has 0 spiro atoms. The van der Waals surface area contributed by atoms with Crippen LogP contribution >= 0.6 is 0 Å². The number of hydrogen-bond acceptors (Lipinski definition) is 1. The molecule has 1 aliphatic heterocycles. The fourth-order valence-corrected chi connectivity index (χ4v) is 2.83. The molecule has 1 aliphatic rings. The van der Waals surface area contributed by atoms with Crippen LogP contribution in [0.25, 0.3) is 11.0 Å². The molecule has 18 heavy (non-hydrogen) atoms. The molecular formula is C15H22N3+. The van der Waals surface area contributed by atoms with Crippen LogP contribution in [-0.2, 0) is 13.1 Å². The van der Waals surface area contributed by atoms with E-state index >= 15 is 0 Å². The first-order chi connectivity index (χ1) is 8.72. The number of nitrogens with one attached hydrogen (secondary N) is 1. The van der Waals surface area contributed by atoms with E-state index in [0.717, 1.165) is 19.6 Å². The molecule has 3 rings (SSSR count). The minimum Gasteiger partial charge on any atom is -0.274 e. The van der Waals surface area contributed by atoms with E-state index in [9.17, 15) is 0 Å². The third kappa shape index (κ3) is 1.61. The second-order valence-electron chi connectivity index (χ2n) is 5.33. The van der Waals surface area contributed by atoms with Crippen LogP contribution in [-0.4, -0.2) is 11.1 Å². The largest absolute Gasteiger partial charge is 0.358 e. The van der Waals surface area contributed by atoms with Gasteiger partial charge in [-0.3, -0.25) is 5.32 Å². The van der Waals surface area contributed by atoms with E-state index in [1.165, 1.54) is 41.0 Å². The van der Waals surface area contributed by atoms with Gasteiger partial charge in [0.25, 0.3) is 0 Å². The van der Waals surface area contributed by atoms with Gasteiger partial charge in [-0.05, 0) is 43.5 Å². The Morgan fingerprint density at radius 3 is 2.83 bits per heavy atom. The fraction of sp³-hybridized carbons (Fsp3) is 0.533. The second-order valence-corrected chi connectivity index (χ2v) is 5.33. The van der Waals surface area contributed by atoms with Crippen molar-refractivity contribution in [2.24, 2.45) is 0 Å². The lowest BCUT2D eigenvalue weighted by Gasteiger charge is -2.03. The Morgan fingerprint density at radius 2 is 2.06 bits per heavy atom. The van der Waals surface area contributed by atoms with Gasteiger partial charge in [0.1, 0.15) is 17.6 Å². The number of benzene rings is 1. The predicted molar refractivity (Wildman–Crippen MR) is 75.0 cm³/mol. The van der Waals surface area contributed by atoms with Crippen LogP contribution in [0, 0.1) is 13.8 Å². The third-order valence-corrected chi connectivity index (χ3v) is 4.04. The normalized spacial score (nSPS) is 13.9. The number of fused-ring (bicyclic) bond motifs is 3. The molecule has 96 valence electrons. The lowest BCUT2D eigenvalue weighted by atomic mass is 10.1. The van der Waals surface area contributed by atoms with E-state index in [2.05, 4.69) is 47.4 Å². The van der Waals surface area contributed by atoms with Gasteiger partial charge in [-0.25, -0.2) is 9.13 Å². The minimum absolute atomic E-state index is 1.06. The van der Waals surface area contributed by atoms with Crippen LogP contribution in [0.3, 0.4) is 0 Å². The summed E-state index contributed by atoms with van der Waals surface area (Å²) in [6.07, 6.45) is 2.48. The molecule has 1 N–H and O–H groups in total. The van der Waals surface area contributed by atoms with E-state index in [-0.39, 0.29) is 0 Å². The average molecular weight is 244 g/mol. The van der Waals surface area contributed by atoms with Gasteiger partial charge in [-0.1, -0.05) is 13.3 Å². The van der Waals surface area contributed by atoms with Crippen LogP contribution in [0.2, 0.25) is 0 Å². The van der Waals surface area contributed by atoms with Gasteiger partial charge in [0.05, 0.1) is 13.1 Å². The lowest BCUT2D eigenvalue weighted by molar-refractivity contribution is -0.644. The first-order valence-electron chi connectivity index (χ1n) is 6.99. The van der Waals surface area contributed by atoms with E-state index in [1.807, 2.05) is 0 Å². The lowest BCUT2D eigenvalue weighted by Crippen LogP contribution is -2.29. The molecule has 0 atom stereocenters. The van der Waals surface area contributed by atoms with Gasteiger partial charge in [0.15, 0.2) is 0 Å². The minimum atomic E-state index is 1.06. The molecule has 3 nitrogen and oxygen atoms in total. The summed E-state index contributed by atoms with van der Waals surface area (Å²) in [5.74, 6) is 1.29. The van der Waals surface area contributed by atoms with Crippen molar-refractivity contribution in [2.45, 2.75) is 46.7 Å². The molecule has 1 aromatic carbocycles. The van der Waals surface area contributed by atoms with E-state index in [0.29, 0.717) is 0 Å². The van der Waals surface area contributed by atoms with Gasteiger partial charge in [0.2, 0.25) is 0 Å². The predicted octanol–water partition coefficient (Wildman–Crippen LogP) is 2.77. The van der Waals surface area contributed by atoms with Crippen LogP contribution in [0.4, 0.5) is 5.95 Å². The second kappa shape index (κ2) is 4.30. The molecular weight excluding hydrogens is 222 g/mol. The van der Waals surface area contributed by atoms with Crippen molar-refractivity contribution in [3.05, 3.63) is 23.3 Å². The Labute approximate surface area is 108 Å². The molecule has 0 fully saturated rings. The Morgan fingerprint density at radius 1 is 1.28 bits per heavy atom. The molecule has 1 aromatic heterocycles. The fourth-order valence-electron chi connectivity index (χ4n) is 2.83. The standard InChI is InChI=1S/C15H21N3/c1-4-5-7-17-13-9-11(2)12(3)10-14(13)18-8-6-16-15(17)18/h9-10H,4-8H2,1-3H3/p+1. The highest BCUT2D eigenvalue weighted by Gasteiger charge is 2.27. The molecule has 2 aromatic rings. The zero-order valence-electron chi connectivity index (χ0n) is 11.6. The van der Waals surface area contributed by atoms with E-state index in [4.69, 9.17) is 0 Å². The summed E-state index contributed by atoms with van der Waals surface area (Å²) < 4.78 is 4.88. The number of hydrogen-bond donors (Lipinski definition) is 1. The van der Waals surface area contributed by atoms with Crippen molar-refractivity contribution in [2.75, 3.05) is 11.9 Å². The maximum Gasteiger partial charge on any atom is 0.358 e. The van der Waals surface area contributed by atoms with Gasteiger partial charge >= 0.3 is 5.95 Å². The highest BCUT2D eigenvalue weighted by molar-refractivity contribution is 5.76. The van der Waals surface area contributed by atoms with Crippen molar-refractivity contribution in [3.63, 3.8) is 0 Å². The van der Waals surface area contributed by atoms with Crippen molar-refractivity contribution in [3.8, 4) is 0 Å². The molecule has 0 saturated heterocycles. The van der Waals surface area contributed by atoms with Crippen molar-refractivity contribution >= 4 is 17.0 Å². The number of nitrogens with zero attached hydrogens (tertiary/aromatic N) is 2. The molecule has 0 radical (unpaired) electrons. The zero-order chi connectivity index (χ0) is 12.7. The van der Waals surface area contributed by atoms with Gasteiger partial charge in [-0.15, -0.1) is 0 Å². The maximum atomic E-state index is 3.53. The number of rotatable bonds is 3. The van der Waals surface area contributed by atoms with Gasteiger partial charge in [-0.2, -0.15) is 0 Å². The molecule has 2 heterocycles.